The molecule has 18 heavy (non-hydrogen) atoms. The normalized spacial score (nSPS) is 33.0. The summed E-state index contributed by atoms with van der Waals surface area (Å²) in [4.78, 5) is 15.0. The Morgan fingerprint density at radius 2 is 2.00 bits per heavy atom. The number of fused-ring (bicyclic) bond motifs is 3. The molecule has 1 atom stereocenters. The molecule has 0 saturated carbocycles. The standard InChI is InChI=1S/C14H15N3O/c18-14-10-3-1-2-4-11(10)15-16-12-9-5-7-17(8-6-9)13(12)14/h1-4,9,13,15H,5-8H2. The Kier molecular flexibility index (Phi) is 2.08. The summed E-state index contributed by atoms with van der Waals surface area (Å²) in [6.45, 7) is 2.06. The molecule has 1 unspecified atom stereocenters. The van der Waals surface area contributed by atoms with Crippen molar-refractivity contribution in [2.75, 3.05) is 18.5 Å². The number of ketones is 1. The molecule has 0 aromatic heterocycles. The molecular weight excluding hydrogens is 226 g/mol. The number of carbonyl (C=O) groups is 1. The third kappa shape index (κ3) is 1.29. The molecule has 1 aromatic rings. The first-order chi connectivity index (χ1) is 8.84. The second kappa shape index (κ2) is 3.65. The van der Waals surface area contributed by atoms with Crippen molar-refractivity contribution in [3.8, 4) is 0 Å². The van der Waals surface area contributed by atoms with Crippen LogP contribution in [-0.4, -0.2) is 35.5 Å². The molecular formula is C14H15N3O. The number of Topliss-reactive ketones (excluding diaryl/α,β-unsaturated/α-hetero) is 1. The van der Waals surface area contributed by atoms with Crippen LogP contribution in [0.2, 0.25) is 0 Å². The molecule has 4 nitrogen and oxygen atoms in total. The summed E-state index contributed by atoms with van der Waals surface area (Å²) in [7, 11) is 0. The lowest BCUT2D eigenvalue weighted by Crippen LogP contribution is -2.58. The first-order valence-corrected chi connectivity index (χ1v) is 6.55. The molecule has 4 aliphatic rings. The number of piperidine rings is 3. The van der Waals surface area contributed by atoms with Gasteiger partial charge >= 0.3 is 0 Å². The molecule has 4 heterocycles. The summed E-state index contributed by atoms with van der Waals surface area (Å²) >= 11 is 0. The van der Waals surface area contributed by atoms with Gasteiger partial charge in [-0.15, -0.1) is 0 Å². The van der Waals surface area contributed by atoms with Gasteiger partial charge in [0, 0.05) is 11.5 Å². The van der Waals surface area contributed by atoms with E-state index in [9.17, 15) is 4.79 Å². The highest BCUT2D eigenvalue weighted by molar-refractivity contribution is 6.20. The van der Waals surface area contributed by atoms with Gasteiger partial charge in [-0.2, -0.15) is 5.10 Å². The third-order valence-corrected chi connectivity index (χ3v) is 4.34. The fourth-order valence-corrected chi connectivity index (χ4v) is 3.38. The number of hydrazone groups is 1. The number of hydrogen-bond donors (Lipinski definition) is 1. The van der Waals surface area contributed by atoms with Crippen LogP contribution in [0.4, 0.5) is 5.69 Å². The fourth-order valence-electron chi connectivity index (χ4n) is 3.38. The average molecular weight is 241 g/mol. The van der Waals surface area contributed by atoms with E-state index in [0.29, 0.717) is 5.92 Å². The van der Waals surface area contributed by atoms with E-state index >= 15 is 0 Å². The molecule has 5 rings (SSSR count). The number of rotatable bonds is 0. The Hall–Kier alpha value is -1.68. The van der Waals surface area contributed by atoms with Gasteiger partial charge in [0.1, 0.15) is 6.04 Å². The lowest BCUT2D eigenvalue weighted by molar-refractivity contribution is 0.0791. The van der Waals surface area contributed by atoms with E-state index < -0.39 is 0 Å². The molecule has 1 N–H and O–H groups in total. The molecule has 4 heteroatoms. The highest BCUT2D eigenvalue weighted by Crippen LogP contribution is 2.34. The molecule has 0 radical (unpaired) electrons. The van der Waals surface area contributed by atoms with E-state index in [0.717, 1.165) is 42.9 Å². The molecule has 4 aliphatic heterocycles. The van der Waals surface area contributed by atoms with Crippen LogP contribution in [-0.2, 0) is 0 Å². The maximum absolute atomic E-state index is 12.7. The minimum absolute atomic E-state index is 0.117. The molecule has 2 bridgehead atoms. The summed E-state index contributed by atoms with van der Waals surface area (Å²) in [5.41, 5.74) is 5.74. The van der Waals surface area contributed by atoms with Crippen molar-refractivity contribution in [3.63, 3.8) is 0 Å². The van der Waals surface area contributed by atoms with Crippen LogP contribution in [0.3, 0.4) is 0 Å². The van der Waals surface area contributed by atoms with E-state index in [1.165, 1.54) is 0 Å². The molecule has 92 valence electrons. The topological polar surface area (TPSA) is 44.7 Å². The third-order valence-electron chi connectivity index (χ3n) is 4.34. The Balaban J connectivity index is 1.85. The quantitative estimate of drug-likeness (QED) is 0.752. The first-order valence-electron chi connectivity index (χ1n) is 6.55. The Morgan fingerprint density at radius 1 is 1.22 bits per heavy atom. The van der Waals surface area contributed by atoms with Gasteiger partial charge in [0.05, 0.1) is 11.4 Å². The second-order valence-corrected chi connectivity index (χ2v) is 5.27. The second-order valence-electron chi connectivity index (χ2n) is 5.27. The van der Waals surface area contributed by atoms with Crippen molar-refractivity contribution in [2.45, 2.75) is 18.9 Å². The van der Waals surface area contributed by atoms with Crippen LogP contribution >= 0.6 is 0 Å². The van der Waals surface area contributed by atoms with E-state index in [1.54, 1.807) is 0 Å². The van der Waals surface area contributed by atoms with Crippen LogP contribution in [0.1, 0.15) is 23.2 Å². The molecule has 3 saturated heterocycles. The zero-order chi connectivity index (χ0) is 12.1. The molecule has 0 aliphatic carbocycles. The number of anilines is 1. The van der Waals surface area contributed by atoms with Gasteiger partial charge in [-0.3, -0.25) is 15.1 Å². The van der Waals surface area contributed by atoms with E-state index in [2.05, 4.69) is 15.4 Å². The van der Waals surface area contributed by atoms with Crippen LogP contribution < -0.4 is 5.43 Å². The summed E-state index contributed by atoms with van der Waals surface area (Å²) in [6.07, 6.45) is 2.28. The van der Waals surface area contributed by atoms with Gasteiger partial charge in [0.15, 0.2) is 5.78 Å². The maximum Gasteiger partial charge on any atom is 0.187 e. The molecule has 1 aromatic carbocycles. The molecule has 0 spiro atoms. The summed E-state index contributed by atoms with van der Waals surface area (Å²) in [5.74, 6) is 0.699. The number of nitrogens with one attached hydrogen (secondary N) is 1. The Labute approximate surface area is 106 Å². The van der Waals surface area contributed by atoms with Crippen LogP contribution in [0, 0.1) is 5.92 Å². The van der Waals surface area contributed by atoms with Gasteiger partial charge in [-0.05, 0) is 38.1 Å². The number of nitrogens with zero attached hydrogens (tertiary/aromatic N) is 2. The predicted octanol–water partition coefficient (Wildman–Crippen LogP) is 1.74. The highest BCUT2D eigenvalue weighted by Gasteiger charge is 2.44. The van der Waals surface area contributed by atoms with E-state index in [1.807, 2.05) is 24.3 Å². The molecule has 0 amide bonds. The van der Waals surface area contributed by atoms with Gasteiger partial charge in [0.2, 0.25) is 0 Å². The lowest BCUT2D eigenvalue weighted by atomic mass is 9.79. The summed E-state index contributed by atoms with van der Waals surface area (Å²) < 4.78 is 0. The summed E-state index contributed by atoms with van der Waals surface area (Å²) in [5, 5.41) is 4.52. The van der Waals surface area contributed by atoms with Crippen molar-refractivity contribution in [2.24, 2.45) is 11.0 Å². The first kappa shape index (κ1) is 10.3. The van der Waals surface area contributed by atoms with Crippen molar-refractivity contribution >= 4 is 17.2 Å². The van der Waals surface area contributed by atoms with Gasteiger partial charge in [0.25, 0.3) is 0 Å². The van der Waals surface area contributed by atoms with E-state index in [4.69, 9.17) is 0 Å². The number of benzene rings is 1. The van der Waals surface area contributed by atoms with Crippen LogP contribution in [0.5, 0.6) is 0 Å². The average Bonchev–Trinajstić information content (AvgIpc) is 2.60. The SMILES string of the molecule is O=C1c2ccccc2NN=C2C3CCN(CC3)C12. The zero-order valence-electron chi connectivity index (χ0n) is 10.1. The minimum Gasteiger partial charge on any atom is -0.292 e. The van der Waals surface area contributed by atoms with Crippen LogP contribution in [0.15, 0.2) is 29.4 Å². The predicted molar refractivity (Wildman–Crippen MR) is 69.9 cm³/mol. The van der Waals surface area contributed by atoms with Gasteiger partial charge in [-0.25, -0.2) is 0 Å². The lowest BCUT2D eigenvalue weighted by Gasteiger charge is -2.44. The Morgan fingerprint density at radius 3 is 2.83 bits per heavy atom. The van der Waals surface area contributed by atoms with Gasteiger partial charge < -0.3 is 0 Å². The Bertz CT molecular complexity index is 544. The number of carbonyl (C=O) groups excluding carboxylic acids is 1. The number of hydrogen-bond acceptors (Lipinski definition) is 4. The molecule has 3 fully saturated rings. The van der Waals surface area contributed by atoms with Gasteiger partial charge in [-0.1, -0.05) is 12.1 Å². The van der Waals surface area contributed by atoms with Crippen molar-refractivity contribution in [1.29, 1.82) is 0 Å². The summed E-state index contributed by atoms with van der Waals surface area (Å²) in [6, 6.07) is 7.55. The largest absolute Gasteiger partial charge is 0.292 e. The smallest absolute Gasteiger partial charge is 0.187 e. The number of para-hydroxylation sites is 1. The maximum atomic E-state index is 12.7. The van der Waals surface area contributed by atoms with Crippen molar-refractivity contribution in [3.05, 3.63) is 29.8 Å². The zero-order valence-corrected chi connectivity index (χ0v) is 10.1. The fraction of sp³-hybridized carbons (Fsp3) is 0.429. The van der Waals surface area contributed by atoms with Crippen molar-refractivity contribution < 1.29 is 4.79 Å². The minimum atomic E-state index is -0.117. The monoisotopic (exact) mass is 241 g/mol. The van der Waals surface area contributed by atoms with Crippen LogP contribution in [0.25, 0.3) is 0 Å². The highest BCUT2D eigenvalue weighted by atomic mass is 16.1. The van der Waals surface area contributed by atoms with Crippen molar-refractivity contribution in [1.82, 2.24) is 4.90 Å². The van der Waals surface area contributed by atoms with E-state index in [-0.39, 0.29) is 11.8 Å².